The molecule has 1 amide bonds. The first-order valence-electron chi connectivity index (χ1n) is 8.74. The van der Waals surface area contributed by atoms with Crippen LogP contribution in [0.15, 0.2) is 30.3 Å². The highest BCUT2D eigenvalue weighted by Crippen LogP contribution is 2.20. The van der Waals surface area contributed by atoms with E-state index in [0.29, 0.717) is 13.1 Å². The van der Waals surface area contributed by atoms with Gasteiger partial charge in [-0.2, -0.15) is 0 Å². The van der Waals surface area contributed by atoms with Gasteiger partial charge < -0.3 is 5.32 Å². The van der Waals surface area contributed by atoms with Crippen LogP contribution in [-0.2, 0) is 21.2 Å². The molecule has 2 rings (SSSR count). The van der Waals surface area contributed by atoms with E-state index in [1.165, 1.54) is 9.87 Å². The molecule has 1 heterocycles. The largest absolute Gasteiger partial charge is 0.353 e. The van der Waals surface area contributed by atoms with E-state index in [1.54, 1.807) is 6.92 Å². The van der Waals surface area contributed by atoms with Crippen LogP contribution < -0.4 is 5.32 Å². The van der Waals surface area contributed by atoms with Crippen molar-refractivity contribution in [2.75, 3.05) is 18.8 Å². The molecule has 2 atom stereocenters. The Kier molecular flexibility index (Phi) is 6.80. The van der Waals surface area contributed by atoms with E-state index >= 15 is 0 Å². The standard InChI is InChI=1S/C18H28N2O3S/c1-3-24(22,23)20-13-7-10-17(14-20)18(21)19-15(2)11-12-16-8-5-4-6-9-16/h4-6,8-9,15,17H,3,7,10-14H2,1-2H3,(H,19,21)/t15-,17+/m1/s1. The summed E-state index contributed by atoms with van der Waals surface area (Å²) in [6, 6.07) is 10.3. The molecule has 0 aromatic heterocycles. The van der Waals surface area contributed by atoms with Gasteiger partial charge in [0.1, 0.15) is 0 Å². The topological polar surface area (TPSA) is 66.5 Å². The summed E-state index contributed by atoms with van der Waals surface area (Å²) in [4.78, 5) is 12.4. The first-order chi connectivity index (χ1) is 11.4. The zero-order valence-electron chi connectivity index (χ0n) is 14.6. The maximum atomic E-state index is 12.4. The van der Waals surface area contributed by atoms with Gasteiger partial charge in [0, 0.05) is 19.1 Å². The maximum Gasteiger partial charge on any atom is 0.224 e. The number of amides is 1. The fourth-order valence-corrected chi connectivity index (χ4v) is 4.23. The zero-order valence-corrected chi connectivity index (χ0v) is 15.4. The highest BCUT2D eigenvalue weighted by atomic mass is 32.2. The molecule has 134 valence electrons. The van der Waals surface area contributed by atoms with E-state index in [2.05, 4.69) is 17.4 Å². The third kappa shape index (κ3) is 5.31. The molecule has 0 aliphatic carbocycles. The van der Waals surface area contributed by atoms with Crippen LogP contribution in [0, 0.1) is 5.92 Å². The number of rotatable bonds is 7. The van der Waals surface area contributed by atoms with E-state index in [1.807, 2.05) is 25.1 Å². The molecule has 24 heavy (non-hydrogen) atoms. The Balaban J connectivity index is 1.82. The second-order valence-corrected chi connectivity index (χ2v) is 8.79. The summed E-state index contributed by atoms with van der Waals surface area (Å²) in [6.45, 7) is 4.49. The van der Waals surface area contributed by atoms with E-state index in [-0.39, 0.29) is 23.6 Å². The van der Waals surface area contributed by atoms with Crippen LogP contribution in [0.2, 0.25) is 0 Å². The molecule has 1 aliphatic heterocycles. The van der Waals surface area contributed by atoms with Gasteiger partial charge >= 0.3 is 0 Å². The molecule has 5 nitrogen and oxygen atoms in total. The molecular weight excluding hydrogens is 324 g/mol. The molecule has 6 heteroatoms. The number of aryl methyl sites for hydroxylation is 1. The zero-order chi connectivity index (χ0) is 17.6. The van der Waals surface area contributed by atoms with Crippen molar-refractivity contribution in [3.63, 3.8) is 0 Å². The summed E-state index contributed by atoms with van der Waals surface area (Å²) in [5.74, 6) is -0.166. The van der Waals surface area contributed by atoms with Crippen LogP contribution >= 0.6 is 0 Å². The van der Waals surface area contributed by atoms with Crippen LogP contribution in [0.4, 0.5) is 0 Å². The van der Waals surface area contributed by atoms with Crippen molar-refractivity contribution < 1.29 is 13.2 Å². The van der Waals surface area contributed by atoms with Crippen molar-refractivity contribution in [1.29, 1.82) is 0 Å². The molecule has 0 radical (unpaired) electrons. The summed E-state index contributed by atoms with van der Waals surface area (Å²) >= 11 is 0. The van der Waals surface area contributed by atoms with E-state index in [0.717, 1.165) is 25.7 Å². The number of carbonyl (C=O) groups excluding carboxylic acids is 1. The lowest BCUT2D eigenvalue weighted by atomic mass is 9.98. The number of benzene rings is 1. The first-order valence-corrected chi connectivity index (χ1v) is 10.4. The lowest BCUT2D eigenvalue weighted by Gasteiger charge is -2.31. The predicted octanol–water partition coefficient (Wildman–Crippen LogP) is 2.19. The van der Waals surface area contributed by atoms with Gasteiger partial charge in [0.05, 0.1) is 11.7 Å². The summed E-state index contributed by atoms with van der Waals surface area (Å²) in [7, 11) is -3.21. The molecule has 1 N–H and O–H groups in total. The molecule has 0 unspecified atom stereocenters. The lowest BCUT2D eigenvalue weighted by Crippen LogP contribution is -2.47. The summed E-state index contributed by atoms with van der Waals surface area (Å²) in [5.41, 5.74) is 1.26. The highest BCUT2D eigenvalue weighted by Gasteiger charge is 2.31. The van der Waals surface area contributed by atoms with Crippen LogP contribution in [0.5, 0.6) is 0 Å². The van der Waals surface area contributed by atoms with Gasteiger partial charge in [0.15, 0.2) is 0 Å². The minimum atomic E-state index is -3.21. The normalized spacial score (nSPS) is 20.5. The van der Waals surface area contributed by atoms with Crippen LogP contribution in [0.3, 0.4) is 0 Å². The van der Waals surface area contributed by atoms with Crippen LogP contribution in [0.1, 0.15) is 38.7 Å². The molecule has 1 fully saturated rings. The third-order valence-corrected chi connectivity index (χ3v) is 6.46. The Morgan fingerprint density at radius 2 is 2.04 bits per heavy atom. The van der Waals surface area contributed by atoms with Crippen molar-refractivity contribution in [3.05, 3.63) is 35.9 Å². The number of piperidine rings is 1. The maximum absolute atomic E-state index is 12.4. The Hall–Kier alpha value is -1.40. The highest BCUT2D eigenvalue weighted by molar-refractivity contribution is 7.89. The van der Waals surface area contributed by atoms with E-state index in [9.17, 15) is 13.2 Å². The second kappa shape index (κ2) is 8.62. The smallest absolute Gasteiger partial charge is 0.224 e. The van der Waals surface area contributed by atoms with Gasteiger partial charge in [-0.15, -0.1) is 0 Å². The molecule has 1 aliphatic rings. The molecule has 1 saturated heterocycles. The first kappa shape index (κ1) is 18.9. The van der Waals surface area contributed by atoms with Crippen molar-refractivity contribution in [2.24, 2.45) is 5.92 Å². The van der Waals surface area contributed by atoms with E-state index < -0.39 is 10.0 Å². The van der Waals surface area contributed by atoms with Crippen LogP contribution in [-0.4, -0.2) is 43.5 Å². The summed E-state index contributed by atoms with van der Waals surface area (Å²) < 4.78 is 25.5. The number of nitrogens with zero attached hydrogens (tertiary/aromatic N) is 1. The van der Waals surface area contributed by atoms with Crippen molar-refractivity contribution in [3.8, 4) is 0 Å². The molecule has 1 aromatic rings. The van der Waals surface area contributed by atoms with Crippen molar-refractivity contribution >= 4 is 15.9 Å². The fourth-order valence-electron chi connectivity index (χ4n) is 3.05. The minimum absolute atomic E-state index is 0.0217. The number of hydrogen-bond acceptors (Lipinski definition) is 3. The molecule has 0 spiro atoms. The summed E-state index contributed by atoms with van der Waals surface area (Å²) in [5, 5.41) is 3.05. The Morgan fingerprint density at radius 1 is 1.33 bits per heavy atom. The van der Waals surface area contributed by atoms with Gasteiger partial charge in [0.2, 0.25) is 15.9 Å². The monoisotopic (exact) mass is 352 g/mol. The Bertz CT molecular complexity index is 631. The van der Waals surface area contributed by atoms with Gasteiger partial charge in [-0.3, -0.25) is 4.79 Å². The molecule has 1 aromatic carbocycles. The van der Waals surface area contributed by atoms with Crippen LogP contribution in [0.25, 0.3) is 0 Å². The van der Waals surface area contributed by atoms with Gasteiger partial charge in [-0.25, -0.2) is 12.7 Å². The third-order valence-electron chi connectivity index (χ3n) is 4.61. The number of hydrogen-bond donors (Lipinski definition) is 1. The quantitative estimate of drug-likeness (QED) is 0.818. The Morgan fingerprint density at radius 3 is 2.71 bits per heavy atom. The fraction of sp³-hybridized carbons (Fsp3) is 0.611. The van der Waals surface area contributed by atoms with Gasteiger partial charge in [-0.05, 0) is 45.1 Å². The average molecular weight is 353 g/mol. The minimum Gasteiger partial charge on any atom is -0.353 e. The molecular formula is C18H28N2O3S. The number of nitrogens with one attached hydrogen (secondary N) is 1. The SMILES string of the molecule is CCS(=O)(=O)N1CCC[C@H](C(=O)N[C@H](C)CCc2ccccc2)C1. The molecule has 0 bridgehead atoms. The van der Waals surface area contributed by atoms with E-state index in [4.69, 9.17) is 0 Å². The van der Waals surface area contributed by atoms with Gasteiger partial charge in [-0.1, -0.05) is 30.3 Å². The van der Waals surface area contributed by atoms with Gasteiger partial charge in [0.25, 0.3) is 0 Å². The van der Waals surface area contributed by atoms with Crippen molar-refractivity contribution in [1.82, 2.24) is 9.62 Å². The Labute approximate surface area is 145 Å². The predicted molar refractivity (Wildman–Crippen MR) is 96.1 cm³/mol. The summed E-state index contributed by atoms with van der Waals surface area (Å²) in [6.07, 6.45) is 3.30. The second-order valence-electron chi connectivity index (χ2n) is 6.53. The van der Waals surface area contributed by atoms with Crippen molar-refractivity contribution in [2.45, 2.75) is 45.6 Å². The number of sulfonamides is 1. The molecule has 0 saturated carbocycles. The average Bonchev–Trinajstić information content (AvgIpc) is 2.61. The number of carbonyl (C=O) groups is 1. The lowest BCUT2D eigenvalue weighted by molar-refractivity contribution is -0.126.